The largest absolute Gasteiger partial charge is 0.396 e. The Kier molecular flexibility index (Phi) is 7.08. The van der Waals surface area contributed by atoms with E-state index in [1.807, 2.05) is 13.0 Å². The van der Waals surface area contributed by atoms with E-state index in [0.29, 0.717) is 24.4 Å². The fourth-order valence-electron chi connectivity index (χ4n) is 1.78. The topological polar surface area (TPSA) is 73.1 Å². The van der Waals surface area contributed by atoms with E-state index in [1.54, 1.807) is 30.3 Å². The SMILES string of the molecule is CCC(CCO)CNC(=O)/C=C/c1ccc(C#N)cc1. The Morgan fingerprint density at radius 2 is 2.15 bits per heavy atom. The fourth-order valence-corrected chi connectivity index (χ4v) is 1.78. The first kappa shape index (κ1) is 15.9. The number of rotatable bonds is 7. The van der Waals surface area contributed by atoms with Crippen LogP contribution in [0.2, 0.25) is 0 Å². The molecule has 1 unspecified atom stereocenters. The Hall–Kier alpha value is -2.12. The number of hydrogen-bond acceptors (Lipinski definition) is 3. The lowest BCUT2D eigenvalue weighted by Gasteiger charge is -2.13. The molecule has 0 aromatic heterocycles. The minimum Gasteiger partial charge on any atom is -0.396 e. The molecule has 1 atom stereocenters. The van der Waals surface area contributed by atoms with Crippen molar-refractivity contribution in [2.45, 2.75) is 19.8 Å². The van der Waals surface area contributed by atoms with Crippen LogP contribution in [-0.4, -0.2) is 24.2 Å². The van der Waals surface area contributed by atoms with Crippen molar-refractivity contribution in [3.63, 3.8) is 0 Å². The van der Waals surface area contributed by atoms with E-state index in [-0.39, 0.29) is 12.5 Å². The monoisotopic (exact) mass is 272 g/mol. The van der Waals surface area contributed by atoms with E-state index < -0.39 is 0 Å². The second kappa shape index (κ2) is 8.89. The third kappa shape index (κ3) is 5.68. The van der Waals surface area contributed by atoms with Crippen molar-refractivity contribution < 1.29 is 9.90 Å². The number of nitrogens with one attached hydrogen (secondary N) is 1. The number of hydrogen-bond donors (Lipinski definition) is 2. The zero-order valence-electron chi connectivity index (χ0n) is 11.7. The van der Waals surface area contributed by atoms with Crippen LogP contribution < -0.4 is 5.32 Å². The molecule has 0 aliphatic carbocycles. The van der Waals surface area contributed by atoms with Gasteiger partial charge in [-0.05, 0) is 36.1 Å². The molecule has 1 aromatic rings. The molecule has 2 N–H and O–H groups in total. The van der Waals surface area contributed by atoms with Gasteiger partial charge in [-0.1, -0.05) is 25.5 Å². The van der Waals surface area contributed by atoms with Crippen LogP contribution in [0.1, 0.15) is 30.9 Å². The van der Waals surface area contributed by atoms with E-state index in [0.717, 1.165) is 12.0 Å². The molecule has 0 fully saturated rings. The lowest BCUT2D eigenvalue weighted by atomic mass is 10.0. The lowest BCUT2D eigenvalue weighted by Crippen LogP contribution is -2.28. The van der Waals surface area contributed by atoms with E-state index in [9.17, 15) is 4.79 Å². The highest BCUT2D eigenvalue weighted by atomic mass is 16.3. The number of carbonyl (C=O) groups is 1. The maximum Gasteiger partial charge on any atom is 0.244 e. The summed E-state index contributed by atoms with van der Waals surface area (Å²) in [5.41, 5.74) is 1.47. The summed E-state index contributed by atoms with van der Waals surface area (Å²) in [5.74, 6) is 0.165. The standard InChI is InChI=1S/C16H20N2O2/c1-2-13(9-10-19)12-18-16(20)8-7-14-3-5-15(11-17)6-4-14/h3-8,13,19H,2,9-10,12H2,1H3,(H,18,20)/b8-7+. The van der Waals surface area contributed by atoms with Crippen LogP contribution in [0.5, 0.6) is 0 Å². The van der Waals surface area contributed by atoms with Crippen molar-refractivity contribution in [2.24, 2.45) is 5.92 Å². The molecule has 4 heteroatoms. The van der Waals surface area contributed by atoms with Gasteiger partial charge in [0.15, 0.2) is 0 Å². The molecule has 0 aliphatic heterocycles. The molecule has 1 rings (SSSR count). The van der Waals surface area contributed by atoms with Crippen LogP contribution in [0.4, 0.5) is 0 Å². The van der Waals surface area contributed by atoms with Crippen LogP contribution in [0.25, 0.3) is 6.08 Å². The summed E-state index contributed by atoms with van der Waals surface area (Å²) >= 11 is 0. The molecule has 0 saturated heterocycles. The van der Waals surface area contributed by atoms with Gasteiger partial charge in [0.2, 0.25) is 5.91 Å². The molecule has 20 heavy (non-hydrogen) atoms. The third-order valence-corrected chi connectivity index (χ3v) is 3.15. The highest BCUT2D eigenvalue weighted by Crippen LogP contribution is 2.06. The summed E-state index contributed by atoms with van der Waals surface area (Å²) in [6, 6.07) is 9.06. The molecule has 0 saturated carbocycles. The Morgan fingerprint density at radius 1 is 1.45 bits per heavy atom. The Labute approximate surface area is 119 Å². The second-order valence-electron chi connectivity index (χ2n) is 4.60. The van der Waals surface area contributed by atoms with Crippen molar-refractivity contribution in [3.8, 4) is 6.07 Å². The van der Waals surface area contributed by atoms with E-state index in [2.05, 4.69) is 5.32 Å². The molecule has 0 aliphatic rings. The lowest BCUT2D eigenvalue weighted by molar-refractivity contribution is -0.116. The molecular formula is C16H20N2O2. The number of benzene rings is 1. The number of aliphatic hydroxyl groups is 1. The van der Waals surface area contributed by atoms with E-state index >= 15 is 0 Å². The minimum atomic E-state index is -0.147. The molecular weight excluding hydrogens is 252 g/mol. The van der Waals surface area contributed by atoms with Crippen LogP contribution in [0, 0.1) is 17.2 Å². The van der Waals surface area contributed by atoms with Gasteiger partial charge in [0.1, 0.15) is 0 Å². The molecule has 0 heterocycles. The summed E-state index contributed by atoms with van der Waals surface area (Å²) in [6.07, 6.45) is 4.83. The predicted octanol–water partition coefficient (Wildman–Crippen LogP) is 2.10. The Bertz CT molecular complexity index is 486. The van der Waals surface area contributed by atoms with Gasteiger partial charge in [-0.3, -0.25) is 4.79 Å². The van der Waals surface area contributed by atoms with Gasteiger partial charge in [-0.2, -0.15) is 5.26 Å². The van der Waals surface area contributed by atoms with Crippen LogP contribution >= 0.6 is 0 Å². The van der Waals surface area contributed by atoms with Gasteiger partial charge in [-0.15, -0.1) is 0 Å². The number of nitriles is 1. The Morgan fingerprint density at radius 3 is 2.70 bits per heavy atom. The maximum absolute atomic E-state index is 11.7. The Balaban J connectivity index is 2.44. The average Bonchev–Trinajstić information content (AvgIpc) is 2.49. The summed E-state index contributed by atoms with van der Waals surface area (Å²) in [4.78, 5) is 11.7. The van der Waals surface area contributed by atoms with Crippen molar-refractivity contribution in [1.29, 1.82) is 5.26 Å². The van der Waals surface area contributed by atoms with Crippen LogP contribution in [0.15, 0.2) is 30.3 Å². The molecule has 106 valence electrons. The number of aliphatic hydroxyl groups excluding tert-OH is 1. The van der Waals surface area contributed by atoms with E-state index in [4.69, 9.17) is 10.4 Å². The minimum absolute atomic E-state index is 0.147. The zero-order chi connectivity index (χ0) is 14.8. The van der Waals surface area contributed by atoms with Crippen LogP contribution in [-0.2, 0) is 4.79 Å². The smallest absolute Gasteiger partial charge is 0.244 e. The number of carbonyl (C=O) groups excluding carboxylic acids is 1. The summed E-state index contributed by atoms with van der Waals surface area (Å²) in [7, 11) is 0. The van der Waals surface area contributed by atoms with Crippen LogP contribution in [0.3, 0.4) is 0 Å². The van der Waals surface area contributed by atoms with Crippen molar-refractivity contribution in [2.75, 3.05) is 13.2 Å². The predicted molar refractivity (Wildman–Crippen MR) is 78.7 cm³/mol. The molecule has 4 nitrogen and oxygen atoms in total. The highest BCUT2D eigenvalue weighted by molar-refractivity contribution is 5.91. The van der Waals surface area contributed by atoms with Crippen molar-refractivity contribution in [1.82, 2.24) is 5.32 Å². The van der Waals surface area contributed by atoms with Gasteiger partial charge >= 0.3 is 0 Å². The van der Waals surface area contributed by atoms with Gasteiger partial charge in [0.05, 0.1) is 11.6 Å². The number of nitrogens with zero attached hydrogens (tertiary/aromatic N) is 1. The van der Waals surface area contributed by atoms with Crippen molar-refractivity contribution >= 4 is 12.0 Å². The van der Waals surface area contributed by atoms with Gasteiger partial charge in [0.25, 0.3) is 0 Å². The molecule has 0 radical (unpaired) electrons. The van der Waals surface area contributed by atoms with Gasteiger partial charge in [-0.25, -0.2) is 0 Å². The average molecular weight is 272 g/mol. The summed E-state index contributed by atoms with van der Waals surface area (Å²) in [5, 5.41) is 20.4. The number of amides is 1. The fraction of sp³-hybridized carbons (Fsp3) is 0.375. The van der Waals surface area contributed by atoms with Gasteiger partial charge < -0.3 is 10.4 Å². The summed E-state index contributed by atoms with van der Waals surface area (Å²) in [6.45, 7) is 2.77. The summed E-state index contributed by atoms with van der Waals surface area (Å²) < 4.78 is 0. The third-order valence-electron chi connectivity index (χ3n) is 3.15. The van der Waals surface area contributed by atoms with E-state index in [1.165, 1.54) is 6.08 Å². The molecule has 0 bridgehead atoms. The first-order chi connectivity index (χ1) is 9.69. The van der Waals surface area contributed by atoms with Gasteiger partial charge in [0, 0.05) is 19.2 Å². The quantitative estimate of drug-likeness (QED) is 0.746. The first-order valence-electron chi connectivity index (χ1n) is 6.76. The normalized spacial score (nSPS) is 12.1. The molecule has 0 spiro atoms. The first-order valence-corrected chi connectivity index (χ1v) is 6.76. The molecule has 1 amide bonds. The highest BCUT2D eigenvalue weighted by Gasteiger charge is 2.06. The molecule has 1 aromatic carbocycles. The maximum atomic E-state index is 11.7. The van der Waals surface area contributed by atoms with Crippen molar-refractivity contribution in [3.05, 3.63) is 41.5 Å². The zero-order valence-corrected chi connectivity index (χ0v) is 11.7. The second-order valence-corrected chi connectivity index (χ2v) is 4.60.